The van der Waals surface area contributed by atoms with E-state index < -0.39 is 0 Å². The summed E-state index contributed by atoms with van der Waals surface area (Å²) in [6.07, 6.45) is 2.33. The van der Waals surface area contributed by atoms with Crippen molar-refractivity contribution in [3.63, 3.8) is 0 Å². The third-order valence-corrected chi connectivity index (χ3v) is 4.13. The molecule has 1 heterocycles. The summed E-state index contributed by atoms with van der Waals surface area (Å²) in [5, 5.41) is 4.76. The number of hydrogen-bond donors (Lipinski definition) is 1. The van der Waals surface area contributed by atoms with Crippen molar-refractivity contribution in [2.45, 2.75) is 25.8 Å². The molecule has 0 bridgehead atoms. The summed E-state index contributed by atoms with van der Waals surface area (Å²) in [4.78, 5) is 0. The van der Waals surface area contributed by atoms with Crippen molar-refractivity contribution in [2.24, 2.45) is 5.92 Å². The lowest BCUT2D eigenvalue weighted by atomic mass is 9.88. The molecule has 18 heavy (non-hydrogen) atoms. The number of benzene rings is 1. The lowest BCUT2D eigenvalue weighted by molar-refractivity contribution is 0.0393. The van der Waals surface area contributed by atoms with Crippen LogP contribution in [0.5, 0.6) is 0 Å². The van der Waals surface area contributed by atoms with E-state index in [0.29, 0.717) is 22.0 Å². The van der Waals surface area contributed by atoms with Crippen LogP contribution in [0, 0.1) is 5.92 Å². The molecule has 2 unspecified atom stereocenters. The Hall–Kier alpha value is -0.280. The van der Waals surface area contributed by atoms with Gasteiger partial charge < -0.3 is 10.1 Å². The topological polar surface area (TPSA) is 21.3 Å². The van der Waals surface area contributed by atoms with Crippen molar-refractivity contribution >= 4 is 23.2 Å². The number of rotatable bonds is 4. The van der Waals surface area contributed by atoms with E-state index in [1.54, 1.807) is 0 Å². The molecule has 1 aliphatic rings. The van der Waals surface area contributed by atoms with Crippen LogP contribution in [0.2, 0.25) is 10.0 Å². The maximum absolute atomic E-state index is 6.11. The van der Waals surface area contributed by atoms with E-state index in [2.05, 4.69) is 18.3 Å². The first kappa shape index (κ1) is 14.1. The molecule has 1 aromatic rings. The molecule has 4 heteroatoms. The summed E-state index contributed by atoms with van der Waals surface area (Å²) in [6, 6.07) is 6.18. The highest BCUT2D eigenvalue weighted by atomic mass is 35.5. The molecule has 1 fully saturated rings. The predicted octanol–water partition coefficient (Wildman–Crippen LogP) is 4.07. The van der Waals surface area contributed by atoms with Gasteiger partial charge in [0, 0.05) is 18.6 Å². The average molecular weight is 288 g/mol. The van der Waals surface area contributed by atoms with Crippen molar-refractivity contribution in [1.82, 2.24) is 5.32 Å². The molecule has 2 atom stereocenters. The zero-order chi connectivity index (χ0) is 13.0. The molecule has 0 spiro atoms. The molecule has 1 aromatic carbocycles. The molecular weight excluding hydrogens is 269 g/mol. The van der Waals surface area contributed by atoms with Crippen LogP contribution in [0.4, 0.5) is 0 Å². The van der Waals surface area contributed by atoms with Gasteiger partial charge in [-0.2, -0.15) is 0 Å². The predicted molar refractivity (Wildman–Crippen MR) is 76.4 cm³/mol. The van der Waals surface area contributed by atoms with Crippen LogP contribution in [0.15, 0.2) is 18.2 Å². The van der Waals surface area contributed by atoms with Crippen LogP contribution in [0.25, 0.3) is 0 Å². The van der Waals surface area contributed by atoms with Crippen molar-refractivity contribution in [2.75, 3.05) is 19.8 Å². The first-order chi connectivity index (χ1) is 8.72. The number of nitrogens with one attached hydrogen (secondary N) is 1. The minimum atomic E-state index is 0.296. The number of halogens is 2. The Balaban J connectivity index is 2.19. The second-order valence-corrected chi connectivity index (χ2v) is 5.50. The highest BCUT2D eigenvalue weighted by molar-refractivity contribution is 6.42. The van der Waals surface area contributed by atoms with Gasteiger partial charge in [0.2, 0.25) is 0 Å². The van der Waals surface area contributed by atoms with Crippen molar-refractivity contribution in [1.29, 1.82) is 0 Å². The van der Waals surface area contributed by atoms with Gasteiger partial charge in [-0.25, -0.2) is 0 Å². The second-order valence-electron chi connectivity index (χ2n) is 4.69. The van der Waals surface area contributed by atoms with Crippen LogP contribution in [-0.4, -0.2) is 19.8 Å². The SMILES string of the molecule is CCNC(c1ccc(Cl)c(Cl)c1)C1CCCOC1. The molecule has 2 rings (SSSR count). The van der Waals surface area contributed by atoms with Gasteiger partial charge in [0.25, 0.3) is 0 Å². The van der Waals surface area contributed by atoms with Gasteiger partial charge in [0.15, 0.2) is 0 Å². The molecule has 100 valence electrons. The highest BCUT2D eigenvalue weighted by Crippen LogP contribution is 2.32. The fourth-order valence-corrected chi connectivity index (χ4v) is 2.82. The highest BCUT2D eigenvalue weighted by Gasteiger charge is 2.25. The van der Waals surface area contributed by atoms with Gasteiger partial charge in [-0.15, -0.1) is 0 Å². The zero-order valence-corrected chi connectivity index (χ0v) is 12.1. The van der Waals surface area contributed by atoms with Crippen LogP contribution in [-0.2, 0) is 4.74 Å². The standard InChI is InChI=1S/C14H19Cl2NO/c1-2-17-14(11-4-3-7-18-9-11)10-5-6-12(15)13(16)8-10/h5-6,8,11,14,17H,2-4,7,9H2,1H3. The molecule has 1 N–H and O–H groups in total. The van der Waals surface area contributed by atoms with E-state index in [4.69, 9.17) is 27.9 Å². The maximum Gasteiger partial charge on any atom is 0.0595 e. The molecule has 1 saturated heterocycles. The van der Waals surface area contributed by atoms with Gasteiger partial charge in [-0.3, -0.25) is 0 Å². The monoisotopic (exact) mass is 287 g/mol. The molecule has 0 aromatic heterocycles. The molecule has 1 aliphatic heterocycles. The Bertz CT molecular complexity index is 391. The van der Waals surface area contributed by atoms with Crippen LogP contribution in [0.1, 0.15) is 31.4 Å². The minimum absolute atomic E-state index is 0.296. The van der Waals surface area contributed by atoms with E-state index >= 15 is 0 Å². The maximum atomic E-state index is 6.11. The molecule has 0 amide bonds. The van der Waals surface area contributed by atoms with Gasteiger partial charge >= 0.3 is 0 Å². The number of hydrogen-bond acceptors (Lipinski definition) is 2. The quantitative estimate of drug-likeness (QED) is 0.901. The molecule has 0 radical (unpaired) electrons. The third kappa shape index (κ3) is 3.39. The Morgan fingerprint density at radius 3 is 2.83 bits per heavy atom. The fraction of sp³-hybridized carbons (Fsp3) is 0.571. The Labute approximate surface area is 119 Å². The van der Waals surface area contributed by atoms with E-state index in [9.17, 15) is 0 Å². The Kier molecular flexibility index (Phi) is 5.31. The van der Waals surface area contributed by atoms with Crippen molar-refractivity contribution in [3.05, 3.63) is 33.8 Å². The van der Waals surface area contributed by atoms with E-state index in [0.717, 1.165) is 26.2 Å². The van der Waals surface area contributed by atoms with Gasteiger partial charge in [0.1, 0.15) is 0 Å². The second kappa shape index (κ2) is 6.76. The summed E-state index contributed by atoms with van der Waals surface area (Å²) in [6.45, 7) is 4.75. The lowest BCUT2D eigenvalue weighted by Crippen LogP contribution is -2.33. The van der Waals surface area contributed by atoms with Crippen molar-refractivity contribution < 1.29 is 4.74 Å². The third-order valence-electron chi connectivity index (χ3n) is 3.39. The average Bonchev–Trinajstić information content (AvgIpc) is 2.40. The van der Waals surface area contributed by atoms with Crippen LogP contribution >= 0.6 is 23.2 Å². The summed E-state index contributed by atoms with van der Waals surface area (Å²) in [5.41, 5.74) is 1.20. The normalized spacial score (nSPS) is 21.8. The molecular formula is C14H19Cl2NO. The number of ether oxygens (including phenoxy) is 1. The first-order valence-corrected chi connectivity index (χ1v) is 7.24. The molecule has 0 saturated carbocycles. The minimum Gasteiger partial charge on any atom is -0.381 e. The molecule has 0 aliphatic carbocycles. The Morgan fingerprint density at radius 1 is 1.39 bits per heavy atom. The van der Waals surface area contributed by atoms with Gasteiger partial charge in [0.05, 0.1) is 16.7 Å². The van der Waals surface area contributed by atoms with Gasteiger partial charge in [-0.1, -0.05) is 36.2 Å². The first-order valence-electron chi connectivity index (χ1n) is 6.48. The van der Waals surface area contributed by atoms with E-state index in [1.165, 1.54) is 12.0 Å². The van der Waals surface area contributed by atoms with E-state index in [-0.39, 0.29) is 0 Å². The van der Waals surface area contributed by atoms with Crippen LogP contribution in [0.3, 0.4) is 0 Å². The van der Waals surface area contributed by atoms with Crippen molar-refractivity contribution in [3.8, 4) is 0 Å². The lowest BCUT2D eigenvalue weighted by Gasteiger charge is -2.31. The summed E-state index contributed by atoms with van der Waals surface area (Å²) in [7, 11) is 0. The summed E-state index contributed by atoms with van der Waals surface area (Å²) < 4.78 is 5.59. The van der Waals surface area contributed by atoms with E-state index in [1.807, 2.05) is 12.1 Å². The molecule has 2 nitrogen and oxygen atoms in total. The smallest absolute Gasteiger partial charge is 0.0595 e. The van der Waals surface area contributed by atoms with Crippen LogP contribution < -0.4 is 5.32 Å². The summed E-state index contributed by atoms with van der Waals surface area (Å²) >= 11 is 12.1. The Morgan fingerprint density at radius 2 is 2.22 bits per heavy atom. The largest absolute Gasteiger partial charge is 0.381 e. The fourth-order valence-electron chi connectivity index (χ4n) is 2.51. The summed E-state index contributed by atoms with van der Waals surface area (Å²) in [5.74, 6) is 0.510. The zero-order valence-electron chi connectivity index (χ0n) is 10.6. The van der Waals surface area contributed by atoms with Gasteiger partial charge in [-0.05, 0) is 37.1 Å².